The first-order chi connectivity index (χ1) is 29.7. The van der Waals surface area contributed by atoms with E-state index in [1.807, 2.05) is 12.3 Å². The van der Waals surface area contributed by atoms with E-state index in [4.69, 9.17) is 9.72 Å². The van der Waals surface area contributed by atoms with Crippen LogP contribution < -0.4 is 13.9 Å². The molecule has 64 heavy (non-hydrogen) atoms. The molecule has 0 spiro atoms. The number of rotatable bonds is 6. The molecule has 5 nitrogen and oxygen atoms in total. The van der Waals surface area contributed by atoms with E-state index in [2.05, 4.69) is 228 Å². The molecule has 4 heterocycles. The zero-order valence-corrected chi connectivity index (χ0v) is 41.6. The number of nitrogens with zero attached hydrogens (tertiary/aromatic N) is 4. The molecule has 0 N–H and O–H groups in total. The zero-order chi connectivity index (χ0) is 44.5. The van der Waals surface area contributed by atoms with Gasteiger partial charge in [0.2, 0.25) is 11.4 Å². The van der Waals surface area contributed by atoms with Crippen LogP contribution in [0.1, 0.15) is 105 Å². The molecule has 1 unspecified atom stereocenters. The van der Waals surface area contributed by atoms with E-state index in [-0.39, 0.29) is 42.7 Å². The Morgan fingerprint density at radius 1 is 0.516 bits per heavy atom. The Kier molecular flexibility index (Phi) is 10.2. The van der Waals surface area contributed by atoms with E-state index < -0.39 is 0 Å². The summed E-state index contributed by atoms with van der Waals surface area (Å²) in [5, 5.41) is 2.26. The van der Waals surface area contributed by atoms with Gasteiger partial charge in [-0.1, -0.05) is 155 Å². The third kappa shape index (κ3) is 6.98. The molecular formula is C58H59N4OPt-. The number of fused-ring (bicyclic) bond motifs is 7. The molecule has 1 fully saturated rings. The first-order valence-corrected chi connectivity index (χ1v) is 22.4. The molecule has 6 heteroatoms. The molecular weight excluding hydrogens is 964 g/mol. The van der Waals surface area contributed by atoms with Crippen molar-refractivity contribution in [3.63, 3.8) is 0 Å². The number of benzene rings is 6. The van der Waals surface area contributed by atoms with Crippen molar-refractivity contribution in [2.75, 3.05) is 0 Å². The van der Waals surface area contributed by atoms with Crippen molar-refractivity contribution in [3.05, 3.63) is 175 Å². The van der Waals surface area contributed by atoms with Crippen LogP contribution in [0.5, 0.6) is 11.5 Å². The minimum atomic E-state index is -0.161. The van der Waals surface area contributed by atoms with Crippen LogP contribution in [-0.2, 0) is 42.7 Å². The van der Waals surface area contributed by atoms with Crippen molar-refractivity contribution in [2.24, 2.45) is 0 Å². The third-order valence-corrected chi connectivity index (χ3v) is 13.3. The molecule has 2 aliphatic rings. The van der Waals surface area contributed by atoms with Crippen molar-refractivity contribution in [3.8, 4) is 28.4 Å². The summed E-state index contributed by atoms with van der Waals surface area (Å²) in [6.07, 6.45) is 1.92. The first kappa shape index (κ1) is 43.9. The Labute approximate surface area is 394 Å². The van der Waals surface area contributed by atoms with Crippen LogP contribution in [-0.4, -0.2) is 9.55 Å². The first-order valence-electron chi connectivity index (χ1n) is 22.4. The van der Waals surface area contributed by atoms with Gasteiger partial charge >= 0.3 is 0 Å². The van der Waals surface area contributed by atoms with Crippen LogP contribution in [0, 0.1) is 18.8 Å². The van der Waals surface area contributed by atoms with Crippen molar-refractivity contribution < 1.29 is 25.8 Å². The molecule has 10 rings (SSSR count). The van der Waals surface area contributed by atoms with E-state index in [0.717, 1.165) is 33.3 Å². The fraction of sp³-hybridized carbons (Fsp3) is 0.276. The largest absolute Gasteiger partial charge is 0.509 e. The Bertz CT molecular complexity index is 3120. The van der Waals surface area contributed by atoms with Crippen molar-refractivity contribution in [1.29, 1.82) is 0 Å². The third-order valence-electron chi connectivity index (χ3n) is 13.3. The van der Waals surface area contributed by atoms with Gasteiger partial charge in [-0.2, -0.15) is 10.7 Å². The zero-order valence-electron chi connectivity index (χ0n) is 39.3. The quantitative estimate of drug-likeness (QED) is 0.0943. The summed E-state index contributed by atoms with van der Waals surface area (Å²) in [5.41, 5.74) is 14.1. The summed E-state index contributed by atoms with van der Waals surface area (Å²) < 4.78 is 10.3. The molecule has 2 atom stereocenters. The summed E-state index contributed by atoms with van der Waals surface area (Å²) in [6, 6.07) is 54.3. The summed E-state index contributed by atoms with van der Waals surface area (Å²) in [7, 11) is 0. The number of para-hydroxylation sites is 1. The molecule has 1 saturated heterocycles. The van der Waals surface area contributed by atoms with Gasteiger partial charge in [-0.05, 0) is 73.1 Å². The van der Waals surface area contributed by atoms with Gasteiger partial charge in [0.1, 0.15) is 5.82 Å². The van der Waals surface area contributed by atoms with Gasteiger partial charge in [0.25, 0.3) is 0 Å². The fourth-order valence-corrected chi connectivity index (χ4v) is 9.48. The number of quaternary nitrogens is 2. The summed E-state index contributed by atoms with van der Waals surface area (Å²) in [5.74, 6) is 2.17. The maximum atomic E-state index is 6.97. The SMILES string of the molecule is CC(C)(C)c1cc(Oc2[c-]c3c(cc2)c2ccccc2n3-c2cc(C(C)(C)C)ccn2)[c-]c([N+]23[CH-][N@+]2(c2cc(-c4ccccc4)cc(C(C)(C)C)c2)c2cc(C(C)(C)C)ccc23)c1.[Pt]. The number of ether oxygens (including phenoxy) is 1. The van der Waals surface area contributed by atoms with Gasteiger partial charge in [-0.15, -0.1) is 35.2 Å². The van der Waals surface area contributed by atoms with Gasteiger partial charge in [0.15, 0.2) is 12.4 Å². The van der Waals surface area contributed by atoms with Gasteiger partial charge in [-0.25, -0.2) is 9.58 Å². The normalized spacial score (nSPS) is 18.2. The van der Waals surface area contributed by atoms with E-state index >= 15 is 0 Å². The second-order valence-corrected chi connectivity index (χ2v) is 21.9. The van der Waals surface area contributed by atoms with Crippen molar-refractivity contribution >= 4 is 44.6 Å². The average molecular weight is 1020 g/mol. The smallest absolute Gasteiger partial charge is 0.225 e. The average Bonchev–Trinajstić information content (AvgIpc) is 3.73. The second-order valence-electron chi connectivity index (χ2n) is 21.9. The molecule has 0 radical (unpaired) electrons. The number of pyridine rings is 1. The van der Waals surface area contributed by atoms with E-state index in [0.29, 0.717) is 20.7 Å². The predicted molar refractivity (Wildman–Crippen MR) is 263 cm³/mol. The van der Waals surface area contributed by atoms with Crippen LogP contribution in [0.15, 0.2) is 134 Å². The number of hydrogen-bond acceptors (Lipinski definition) is 2. The number of aromatic nitrogens is 2. The molecule has 0 amide bonds. The van der Waals surface area contributed by atoms with Gasteiger partial charge < -0.3 is 9.30 Å². The maximum Gasteiger partial charge on any atom is 0.225 e. The van der Waals surface area contributed by atoms with Crippen LogP contribution >= 0.6 is 0 Å². The van der Waals surface area contributed by atoms with Gasteiger partial charge in [0, 0.05) is 68.5 Å². The standard InChI is InChI=1S/C58H59N4O.Pt/c1-55(2,3)40-22-25-52-53(33-40)62(44-29-39(38-18-14-13-15-19-38)28-42(30-44)57(7,8)9)37-61(52,62)45-31-43(58(10,11)12)32-47(35-45)63-46-23-24-49-48-20-16-17-21-50(48)60(51(49)36-46)54-34-41(26-27-59-54)56(4,5)6;/h13-34,37H,1-12H3;/q-1;/t61?,62-;/m0./s1. The van der Waals surface area contributed by atoms with E-state index in [9.17, 15) is 0 Å². The van der Waals surface area contributed by atoms with Crippen LogP contribution in [0.2, 0.25) is 0 Å². The molecule has 8 aromatic rings. The van der Waals surface area contributed by atoms with Crippen molar-refractivity contribution in [1.82, 2.24) is 18.7 Å². The molecule has 0 saturated carbocycles. The molecule has 328 valence electrons. The Balaban J connectivity index is 0.00000518. The predicted octanol–water partition coefficient (Wildman–Crippen LogP) is 15.8. The molecule has 2 aromatic heterocycles. The minimum Gasteiger partial charge on any atom is -0.509 e. The molecule has 0 aliphatic carbocycles. The monoisotopic (exact) mass is 1020 g/mol. The topological polar surface area (TPSA) is 27.1 Å². The Morgan fingerprint density at radius 2 is 1.17 bits per heavy atom. The van der Waals surface area contributed by atoms with Crippen LogP contribution in [0.4, 0.5) is 22.7 Å². The molecule has 2 aliphatic heterocycles. The second kappa shape index (κ2) is 14.9. The van der Waals surface area contributed by atoms with Crippen LogP contribution in [0.3, 0.4) is 0 Å². The Morgan fingerprint density at radius 3 is 1.88 bits per heavy atom. The van der Waals surface area contributed by atoms with Crippen molar-refractivity contribution in [2.45, 2.75) is 105 Å². The summed E-state index contributed by atoms with van der Waals surface area (Å²) in [4.78, 5) is 4.91. The van der Waals surface area contributed by atoms with Gasteiger partial charge in [-0.3, -0.25) is 0 Å². The summed E-state index contributed by atoms with van der Waals surface area (Å²) >= 11 is 0. The molecule has 0 bridgehead atoms. The minimum absolute atomic E-state index is 0. The van der Waals surface area contributed by atoms with E-state index in [1.165, 1.54) is 50.4 Å². The Hall–Kier alpha value is -5.32. The van der Waals surface area contributed by atoms with E-state index in [1.54, 1.807) is 0 Å². The fourth-order valence-electron chi connectivity index (χ4n) is 9.48. The summed E-state index contributed by atoms with van der Waals surface area (Å²) in [6.45, 7) is 29.9. The van der Waals surface area contributed by atoms with Gasteiger partial charge in [0.05, 0.1) is 5.69 Å². The maximum absolute atomic E-state index is 6.97. The molecule has 6 aromatic carbocycles. The number of hydrogen-bond donors (Lipinski definition) is 0. The van der Waals surface area contributed by atoms with Crippen LogP contribution in [0.25, 0.3) is 38.8 Å².